The fraction of sp³-hybridized carbons (Fsp3) is 0.182. The Kier molecular flexibility index (Phi) is 5.66. The topological polar surface area (TPSA) is 94.6 Å². The van der Waals surface area contributed by atoms with Crippen molar-refractivity contribution in [2.45, 2.75) is 12.8 Å². The Morgan fingerprint density at radius 3 is 2.57 bits per heavy atom. The summed E-state index contributed by atoms with van der Waals surface area (Å²) in [5.41, 5.74) is 7.33. The van der Waals surface area contributed by atoms with Crippen molar-refractivity contribution in [3.8, 4) is 11.8 Å². The summed E-state index contributed by atoms with van der Waals surface area (Å²) >= 11 is 0. The van der Waals surface area contributed by atoms with E-state index in [4.69, 9.17) is 19.9 Å². The van der Waals surface area contributed by atoms with Crippen LogP contribution >= 0.6 is 0 Å². The van der Waals surface area contributed by atoms with E-state index in [1.54, 1.807) is 43.3 Å². The van der Waals surface area contributed by atoms with Gasteiger partial charge in [0.2, 0.25) is 17.4 Å². The molecular formula is C22H20N2O4. The van der Waals surface area contributed by atoms with E-state index in [1.165, 1.54) is 7.11 Å². The molecule has 3 rings (SSSR count). The highest BCUT2D eigenvalue weighted by molar-refractivity contribution is 6.06. The summed E-state index contributed by atoms with van der Waals surface area (Å²) < 4.78 is 16.7. The highest BCUT2D eigenvalue weighted by Crippen LogP contribution is 2.38. The first-order valence-corrected chi connectivity index (χ1v) is 8.79. The van der Waals surface area contributed by atoms with E-state index in [2.05, 4.69) is 0 Å². The lowest BCUT2D eigenvalue weighted by molar-refractivity contribution is -0.119. The van der Waals surface area contributed by atoms with Crippen LogP contribution in [-0.4, -0.2) is 19.5 Å². The number of methoxy groups -OCH3 is 1. The number of allylic oxidation sites excluding steroid dienone is 2. The number of ether oxygens (including phenoxy) is 3. The molecule has 142 valence electrons. The van der Waals surface area contributed by atoms with Crippen molar-refractivity contribution in [3.63, 3.8) is 0 Å². The maximum atomic E-state index is 13.5. The summed E-state index contributed by atoms with van der Waals surface area (Å²) in [6, 6.07) is 18.0. The third-order valence-corrected chi connectivity index (χ3v) is 4.33. The summed E-state index contributed by atoms with van der Waals surface area (Å²) in [6.45, 7) is 2.03. The number of nitrogens with zero attached hydrogens (tertiary/aromatic N) is 1. The lowest BCUT2D eigenvalue weighted by Gasteiger charge is -2.16. The fourth-order valence-electron chi connectivity index (χ4n) is 3.05. The molecule has 0 amide bonds. The van der Waals surface area contributed by atoms with Crippen molar-refractivity contribution < 1.29 is 19.0 Å². The summed E-state index contributed by atoms with van der Waals surface area (Å²) in [7, 11) is 1.53. The molecule has 0 aliphatic carbocycles. The van der Waals surface area contributed by atoms with Gasteiger partial charge in [-0.15, -0.1) is 0 Å². The average molecular weight is 376 g/mol. The lowest BCUT2D eigenvalue weighted by Crippen LogP contribution is -2.19. The molecule has 1 unspecified atom stereocenters. The molecule has 1 heterocycles. The second kappa shape index (κ2) is 8.31. The summed E-state index contributed by atoms with van der Waals surface area (Å²) in [5.74, 6) is -0.680. The molecule has 6 heteroatoms. The number of ketones is 1. The van der Waals surface area contributed by atoms with Gasteiger partial charge in [-0.1, -0.05) is 42.5 Å². The Hall–Kier alpha value is -3.72. The Bertz CT molecular complexity index is 987. The largest absolute Gasteiger partial charge is 0.497 e. The van der Waals surface area contributed by atoms with Gasteiger partial charge in [-0.3, -0.25) is 4.79 Å². The third kappa shape index (κ3) is 3.55. The molecule has 2 aromatic carbocycles. The summed E-state index contributed by atoms with van der Waals surface area (Å²) in [5, 5.41) is 9.72. The molecule has 1 aliphatic heterocycles. The third-order valence-electron chi connectivity index (χ3n) is 4.33. The maximum absolute atomic E-state index is 13.5. The first-order valence-electron chi connectivity index (χ1n) is 8.79. The van der Waals surface area contributed by atoms with Crippen molar-refractivity contribution >= 4 is 11.5 Å². The van der Waals surface area contributed by atoms with Crippen molar-refractivity contribution in [1.29, 1.82) is 5.26 Å². The van der Waals surface area contributed by atoms with E-state index < -0.39 is 11.7 Å². The van der Waals surface area contributed by atoms with Crippen molar-refractivity contribution in [2.75, 3.05) is 13.7 Å². The van der Waals surface area contributed by atoms with Crippen LogP contribution in [0.5, 0.6) is 5.75 Å². The Morgan fingerprint density at radius 2 is 1.93 bits per heavy atom. The highest BCUT2D eigenvalue weighted by atomic mass is 16.5. The lowest BCUT2D eigenvalue weighted by atomic mass is 9.87. The van der Waals surface area contributed by atoms with Gasteiger partial charge in [0.25, 0.3) is 0 Å². The van der Waals surface area contributed by atoms with Crippen molar-refractivity contribution in [1.82, 2.24) is 0 Å². The standard InChI is InChI=1S/C22H20N2O4/c1-3-27-21-19(25)18(15-10-7-11-16(12-15)26-2)17(13-23)22(24)28-20(21)14-8-5-4-6-9-14/h4-12,18H,3,24H2,1-2H3. The van der Waals surface area contributed by atoms with Crippen LogP contribution in [0.2, 0.25) is 0 Å². The molecule has 0 saturated carbocycles. The van der Waals surface area contributed by atoms with Gasteiger partial charge in [-0.25, -0.2) is 0 Å². The number of nitriles is 1. The van der Waals surface area contributed by atoms with Crippen LogP contribution in [0.15, 0.2) is 71.8 Å². The highest BCUT2D eigenvalue weighted by Gasteiger charge is 2.37. The fourth-order valence-corrected chi connectivity index (χ4v) is 3.05. The number of Topliss-reactive ketones (excluding diaryl/α,β-unsaturated/α-hetero) is 1. The molecule has 0 bridgehead atoms. The van der Waals surface area contributed by atoms with Gasteiger partial charge in [0, 0.05) is 5.56 Å². The van der Waals surface area contributed by atoms with Crippen molar-refractivity contribution in [2.24, 2.45) is 5.73 Å². The number of rotatable bonds is 5. The van der Waals surface area contributed by atoms with E-state index in [1.807, 2.05) is 24.3 Å². The molecule has 0 spiro atoms. The predicted molar refractivity (Wildman–Crippen MR) is 104 cm³/mol. The predicted octanol–water partition coefficient (Wildman–Crippen LogP) is 3.48. The molecule has 0 fully saturated rings. The minimum Gasteiger partial charge on any atom is -0.497 e. The minimum absolute atomic E-state index is 0.0291. The number of carbonyl (C=O) groups excluding carboxylic acids is 1. The number of hydrogen-bond acceptors (Lipinski definition) is 6. The molecular weight excluding hydrogens is 356 g/mol. The van der Waals surface area contributed by atoms with Gasteiger partial charge < -0.3 is 19.9 Å². The first-order chi connectivity index (χ1) is 13.6. The molecule has 0 radical (unpaired) electrons. The second-order valence-electron chi connectivity index (χ2n) is 6.02. The second-order valence-corrected chi connectivity index (χ2v) is 6.02. The van der Waals surface area contributed by atoms with Crippen LogP contribution in [0.3, 0.4) is 0 Å². The number of carbonyl (C=O) groups is 1. The molecule has 1 aliphatic rings. The SMILES string of the molecule is CCOC1=C(c2ccccc2)OC(N)=C(C#N)C(c2cccc(OC)c2)C1=O. The quantitative estimate of drug-likeness (QED) is 0.858. The molecule has 0 saturated heterocycles. The average Bonchev–Trinajstić information content (AvgIpc) is 2.84. The zero-order valence-electron chi connectivity index (χ0n) is 15.6. The number of nitrogens with two attached hydrogens (primary N) is 1. The van der Waals surface area contributed by atoms with Gasteiger partial charge in [0.05, 0.1) is 19.6 Å². The monoisotopic (exact) mass is 376 g/mol. The molecule has 1 atom stereocenters. The first kappa shape index (κ1) is 19.1. The molecule has 28 heavy (non-hydrogen) atoms. The number of hydrogen-bond donors (Lipinski definition) is 1. The normalized spacial score (nSPS) is 16.9. The Balaban J connectivity index is 2.23. The van der Waals surface area contributed by atoms with E-state index in [0.29, 0.717) is 16.9 Å². The maximum Gasteiger partial charge on any atom is 0.214 e. The van der Waals surface area contributed by atoms with E-state index >= 15 is 0 Å². The summed E-state index contributed by atoms with van der Waals surface area (Å²) in [4.78, 5) is 13.5. The van der Waals surface area contributed by atoms with Crippen LogP contribution < -0.4 is 10.5 Å². The number of benzene rings is 2. The van der Waals surface area contributed by atoms with Crippen LogP contribution in [0, 0.1) is 11.3 Å². The minimum atomic E-state index is -0.956. The zero-order valence-corrected chi connectivity index (χ0v) is 15.6. The van der Waals surface area contributed by atoms with E-state index in [0.717, 1.165) is 0 Å². The van der Waals surface area contributed by atoms with E-state index in [-0.39, 0.29) is 29.6 Å². The molecule has 6 nitrogen and oxygen atoms in total. The molecule has 2 aromatic rings. The van der Waals surface area contributed by atoms with Gasteiger partial charge in [0.1, 0.15) is 17.4 Å². The van der Waals surface area contributed by atoms with E-state index in [9.17, 15) is 10.1 Å². The molecule has 2 N–H and O–H groups in total. The van der Waals surface area contributed by atoms with Gasteiger partial charge >= 0.3 is 0 Å². The van der Waals surface area contributed by atoms with Crippen LogP contribution in [-0.2, 0) is 14.3 Å². The van der Waals surface area contributed by atoms with Gasteiger partial charge in [0.15, 0.2) is 5.76 Å². The zero-order chi connectivity index (χ0) is 20.1. The van der Waals surface area contributed by atoms with Gasteiger partial charge in [-0.2, -0.15) is 5.26 Å². The van der Waals surface area contributed by atoms with Gasteiger partial charge in [-0.05, 0) is 24.6 Å². The van der Waals surface area contributed by atoms with Crippen LogP contribution in [0.4, 0.5) is 0 Å². The Morgan fingerprint density at radius 1 is 1.18 bits per heavy atom. The van der Waals surface area contributed by atoms with Crippen LogP contribution in [0.1, 0.15) is 24.0 Å². The van der Waals surface area contributed by atoms with Crippen molar-refractivity contribution in [3.05, 3.63) is 82.9 Å². The smallest absolute Gasteiger partial charge is 0.214 e. The van der Waals surface area contributed by atoms with Crippen LogP contribution in [0.25, 0.3) is 5.76 Å². The summed E-state index contributed by atoms with van der Waals surface area (Å²) in [6.07, 6.45) is 0. The Labute approximate surface area is 163 Å². The molecule has 0 aromatic heterocycles.